The molecule has 132 heavy (non-hydrogen) atoms. The van der Waals surface area contributed by atoms with E-state index < -0.39 is 30.5 Å². The average Bonchev–Trinajstić information content (AvgIpc) is 0.877. The summed E-state index contributed by atoms with van der Waals surface area (Å²) >= 11 is 0. The van der Waals surface area contributed by atoms with E-state index in [-0.39, 0.29) is 0 Å². The highest BCUT2D eigenvalue weighted by atomic mass is 16.3. The van der Waals surface area contributed by atoms with E-state index in [1.165, 1.54) is 514 Å². The summed E-state index contributed by atoms with van der Waals surface area (Å²) in [7, 11) is 23.2. The first-order valence-corrected chi connectivity index (χ1v) is 60.4. The van der Waals surface area contributed by atoms with Crippen molar-refractivity contribution < 1.29 is 47.9 Å². The van der Waals surface area contributed by atoms with Crippen LogP contribution >= 0.6 is 0 Å². The molecule has 0 radical (unpaired) electrons. The number of likely N-dealkylation sites (N-methyl/N-ethyl adjacent to an activating group) is 5. The van der Waals surface area contributed by atoms with E-state index in [0.29, 0.717) is 91.6 Å². The minimum Gasteiger partial charge on any atom is -0.386 e. The lowest BCUT2D eigenvalue weighted by atomic mass is 10.0. The van der Waals surface area contributed by atoms with Crippen LogP contribution in [0.5, 0.6) is 0 Å². The number of quaternary nitrogens is 5. The lowest BCUT2D eigenvalue weighted by molar-refractivity contribution is -0.893. The minimum atomic E-state index is -0.556. The largest absolute Gasteiger partial charge is 0.386 e. The Balaban J connectivity index is 6.89. The molecule has 0 amide bonds. The van der Waals surface area contributed by atoms with E-state index >= 15 is 0 Å². The predicted octanol–water partition coefficient (Wildman–Crippen LogP) is 30.4. The van der Waals surface area contributed by atoms with Crippen molar-refractivity contribution in [2.45, 2.75) is 579 Å². The summed E-state index contributed by atoms with van der Waals surface area (Å²) in [4.78, 5) is 7.26. The fourth-order valence-corrected chi connectivity index (χ4v) is 21.9. The number of nitrogens with zero attached hydrogens (tertiary/aromatic N) is 8. The lowest BCUT2D eigenvalue weighted by Crippen LogP contribution is -2.54. The molecule has 0 aliphatic rings. The summed E-state index contributed by atoms with van der Waals surface area (Å²) in [6.45, 7) is 25.4. The van der Waals surface area contributed by atoms with Crippen LogP contribution < -0.4 is 0 Å². The SMILES string of the molecule is CCCCCCCCCCCCCCCCCC[N+](C)(C)CC(O)CN(CCN(CC(O)C[N+](C)(C)CCCCCCCCCCCCCCCCCC)CC(O)C[N+](C)(C)CCCCCCCCCCCCCCCCCC)CCN(CC(O)C[N+](C)(C)CCCCCCCCCCCCCCCCCC)CC(O)C[N+](C)(C)CCCCCCCCCCCCCCCCCC. The summed E-state index contributed by atoms with van der Waals surface area (Å²) in [6.07, 6.45) is 107. The van der Waals surface area contributed by atoms with Gasteiger partial charge in [0.1, 0.15) is 63.2 Å². The van der Waals surface area contributed by atoms with E-state index in [2.05, 4.69) is 120 Å². The zero-order chi connectivity index (χ0) is 97.1. The Morgan fingerprint density at radius 1 is 0.136 bits per heavy atom. The second-order valence-corrected chi connectivity index (χ2v) is 47.8. The van der Waals surface area contributed by atoms with Crippen LogP contribution in [0.2, 0.25) is 0 Å². The van der Waals surface area contributed by atoms with Crippen molar-refractivity contribution in [2.24, 2.45) is 0 Å². The molecular weight excluding hydrogens is 1620 g/mol. The summed E-state index contributed by atoms with van der Waals surface area (Å²) in [5.74, 6) is 0. The Hall–Kier alpha value is -0.520. The van der Waals surface area contributed by atoms with Gasteiger partial charge in [-0.2, -0.15) is 0 Å². The summed E-state index contributed by atoms with van der Waals surface area (Å²) in [6, 6.07) is 0. The van der Waals surface area contributed by atoms with Crippen LogP contribution in [-0.2, 0) is 0 Å². The van der Waals surface area contributed by atoms with E-state index in [0.717, 1.165) is 55.1 Å². The van der Waals surface area contributed by atoms with Gasteiger partial charge < -0.3 is 47.9 Å². The van der Waals surface area contributed by atoms with Crippen LogP contribution in [0.15, 0.2) is 0 Å². The Morgan fingerprint density at radius 3 is 0.341 bits per heavy atom. The topological polar surface area (TPSA) is 111 Å². The normalized spacial score (nSPS) is 13.9. The van der Waals surface area contributed by atoms with Gasteiger partial charge in [0.25, 0.3) is 0 Å². The molecule has 0 aliphatic heterocycles. The van der Waals surface area contributed by atoms with Gasteiger partial charge >= 0.3 is 0 Å². The maximum absolute atomic E-state index is 12.6. The highest BCUT2D eigenvalue weighted by molar-refractivity contribution is 4.77. The molecule has 0 aromatic heterocycles. The zero-order valence-corrected chi connectivity index (χ0v) is 93.7. The lowest BCUT2D eigenvalue weighted by Gasteiger charge is -2.38. The van der Waals surface area contributed by atoms with E-state index in [4.69, 9.17) is 0 Å². The number of aliphatic hydroxyl groups excluding tert-OH is 5. The van der Waals surface area contributed by atoms with Crippen LogP contribution in [0.25, 0.3) is 0 Å². The third kappa shape index (κ3) is 95.7. The van der Waals surface area contributed by atoms with Crippen molar-refractivity contribution in [1.29, 1.82) is 0 Å². The second kappa shape index (κ2) is 94.1. The van der Waals surface area contributed by atoms with Crippen molar-refractivity contribution >= 4 is 0 Å². The molecule has 0 spiro atoms. The summed E-state index contributed by atoms with van der Waals surface area (Å²) < 4.78 is 3.91. The van der Waals surface area contributed by atoms with Crippen molar-refractivity contribution in [3.05, 3.63) is 0 Å². The van der Waals surface area contributed by atoms with Crippen LogP contribution in [0, 0.1) is 0 Å². The molecule has 5 atom stereocenters. The van der Waals surface area contributed by atoms with Gasteiger partial charge in [-0.1, -0.05) is 484 Å². The Bertz CT molecular complexity index is 2030. The molecule has 0 saturated carbocycles. The first-order valence-electron chi connectivity index (χ1n) is 60.4. The molecule has 0 fully saturated rings. The van der Waals surface area contributed by atoms with Gasteiger partial charge in [-0.05, 0) is 64.2 Å². The molecule has 13 nitrogen and oxygen atoms in total. The molecule has 0 aliphatic carbocycles. The van der Waals surface area contributed by atoms with E-state index in [1.807, 2.05) is 0 Å². The quantitative estimate of drug-likeness (QED) is 0.0303. The van der Waals surface area contributed by atoms with Gasteiger partial charge in [-0.3, -0.25) is 14.7 Å². The Kier molecular flexibility index (Phi) is 93.7. The third-order valence-electron chi connectivity index (χ3n) is 30.4. The van der Waals surface area contributed by atoms with Gasteiger partial charge in [0, 0.05) is 58.9 Å². The highest BCUT2D eigenvalue weighted by Gasteiger charge is 2.31. The maximum atomic E-state index is 12.6. The Morgan fingerprint density at radius 2 is 0.227 bits per heavy atom. The average molecular weight is 1880 g/mol. The van der Waals surface area contributed by atoms with E-state index in [1.54, 1.807) is 0 Å². The molecule has 0 aromatic rings. The number of hydrogen-bond acceptors (Lipinski definition) is 8. The first kappa shape index (κ1) is 131. The molecule has 0 heterocycles. The van der Waals surface area contributed by atoms with Crippen molar-refractivity contribution in [1.82, 2.24) is 14.7 Å². The molecule has 0 aromatic carbocycles. The fourth-order valence-electron chi connectivity index (χ4n) is 21.9. The van der Waals surface area contributed by atoms with Crippen LogP contribution in [0.4, 0.5) is 0 Å². The molecule has 5 unspecified atom stereocenters. The fraction of sp³-hybridized carbons (Fsp3) is 1.00. The first-order chi connectivity index (χ1) is 63.7. The summed E-state index contributed by atoms with van der Waals surface area (Å²) in [5, 5.41) is 62.4. The predicted molar refractivity (Wildman–Crippen MR) is 586 cm³/mol. The second-order valence-electron chi connectivity index (χ2n) is 47.8. The minimum absolute atomic E-state index is 0.495. The number of aliphatic hydroxyl groups is 5. The van der Waals surface area contributed by atoms with Gasteiger partial charge in [-0.25, -0.2) is 0 Å². The molecule has 13 heteroatoms. The van der Waals surface area contributed by atoms with Gasteiger partial charge in [-0.15, -0.1) is 0 Å². The molecule has 0 saturated heterocycles. The molecule has 0 rings (SSSR count). The molecular formula is C119H253N8O5+5. The number of unbranched alkanes of at least 4 members (excludes halogenated alkanes) is 75. The maximum Gasteiger partial charge on any atom is 0.115 e. The standard InChI is InChI=1S/C119H253N8O5/c1-16-21-26-31-36-41-46-51-56-61-66-71-76-81-86-91-100-123(6,7)110-115(128)105-120(96-98-121(106-116(129)111-124(8,9)101-92-87-82-77-72-67-62-57-52-47-42-37-32-27-22-17-2)107-117(130)112-125(10,11)102-93-88-83-78-73-68-63-58-53-48-43-38-33-28-23-18-3)97-99-122(108-118(131)113-126(12,13)103-94-89-84-79-74-69-64-59-54-49-44-39-34-29-24-19-4)109-119(132)114-127(14,15)104-95-90-85-80-75-70-65-60-55-50-45-40-35-30-25-20-5/h115-119,128-132H,16-114H2,1-15H3/q+5. The van der Waals surface area contributed by atoms with Crippen molar-refractivity contribution in [2.75, 3.05) is 195 Å². The van der Waals surface area contributed by atoms with Gasteiger partial charge in [0.05, 0.1) is 103 Å². The van der Waals surface area contributed by atoms with Crippen LogP contribution in [0.1, 0.15) is 548 Å². The molecule has 0 bridgehead atoms. The zero-order valence-electron chi connectivity index (χ0n) is 93.7. The molecule has 5 N–H and O–H groups in total. The van der Waals surface area contributed by atoms with Crippen molar-refractivity contribution in [3.63, 3.8) is 0 Å². The van der Waals surface area contributed by atoms with Crippen LogP contribution in [-0.4, -0.2) is 288 Å². The van der Waals surface area contributed by atoms with Gasteiger partial charge in [0.2, 0.25) is 0 Å². The smallest absolute Gasteiger partial charge is 0.115 e. The van der Waals surface area contributed by atoms with Gasteiger partial charge in [0.15, 0.2) is 0 Å². The number of rotatable bonds is 111. The van der Waals surface area contributed by atoms with E-state index in [9.17, 15) is 25.5 Å². The monoisotopic (exact) mass is 1870 g/mol. The van der Waals surface area contributed by atoms with Crippen molar-refractivity contribution in [3.8, 4) is 0 Å². The Labute approximate surface area is 831 Å². The highest BCUT2D eigenvalue weighted by Crippen LogP contribution is 2.24. The summed E-state index contributed by atoms with van der Waals surface area (Å²) in [5.41, 5.74) is 0. The third-order valence-corrected chi connectivity index (χ3v) is 30.4. The van der Waals surface area contributed by atoms with Crippen LogP contribution in [0.3, 0.4) is 0 Å². The molecule has 794 valence electrons. The number of hydrogen-bond donors (Lipinski definition) is 5.